The molecule has 1 heterocycles. The first-order valence-corrected chi connectivity index (χ1v) is 15.0. The zero-order valence-electron chi connectivity index (χ0n) is 24.0. The Morgan fingerprint density at radius 1 is 0.952 bits per heavy atom. The van der Waals surface area contributed by atoms with Gasteiger partial charge in [-0.1, -0.05) is 17.7 Å². The Balaban J connectivity index is 1.47. The first kappa shape index (κ1) is 29.2. The van der Waals surface area contributed by atoms with Crippen molar-refractivity contribution in [3.05, 3.63) is 78.5 Å². The van der Waals surface area contributed by atoms with Crippen LogP contribution in [0.25, 0.3) is 16.9 Å². The van der Waals surface area contributed by atoms with Crippen molar-refractivity contribution in [1.29, 1.82) is 0 Å². The fourth-order valence-electron chi connectivity index (χ4n) is 4.56. The van der Waals surface area contributed by atoms with Crippen LogP contribution in [-0.4, -0.2) is 62.6 Å². The number of aromatic nitrogens is 2. The van der Waals surface area contributed by atoms with Crippen LogP contribution in [0, 0.1) is 12.8 Å². The lowest BCUT2D eigenvalue weighted by Gasteiger charge is -2.22. The molecule has 0 aliphatic heterocycles. The molecule has 1 aliphatic carbocycles. The summed E-state index contributed by atoms with van der Waals surface area (Å²) in [7, 11) is 0.818. The molecule has 0 atom stereocenters. The average molecular weight is 591 g/mol. The van der Waals surface area contributed by atoms with E-state index in [1.54, 1.807) is 68.5 Å². The van der Waals surface area contributed by atoms with Crippen molar-refractivity contribution >= 4 is 21.9 Å². The van der Waals surface area contributed by atoms with Gasteiger partial charge >= 0.3 is 0 Å². The molecule has 0 unspecified atom stereocenters. The maximum absolute atomic E-state index is 13.5. The molecule has 11 heteroatoms. The van der Waals surface area contributed by atoms with E-state index in [0.717, 1.165) is 24.0 Å². The van der Waals surface area contributed by atoms with Crippen molar-refractivity contribution in [2.45, 2.75) is 24.7 Å². The Hall–Kier alpha value is -4.35. The first-order chi connectivity index (χ1) is 20.2. The normalized spacial score (nSPS) is 13.2. The Bertz CT molecular complexity index is 1660. The summed E-state index contributed by atoms with van der Waals surface area (Å²) in [6.45, 7) is 1.83. The molecule has 1 aromatic heterocycles. The van der Waals surface area contributed by atoms with E-state index in [0.29, 0.717) is 28.6 Å². The molecule has 10 nitrogen and oxygen atoms in total. The number of hydrogen-bond donors (Lipinski definition) is 1. The number of sulfonamides is 1. The minimum Gasteiger partial charge on any atom is -0.497 e. The van der Waals surface area contributed by atoms with E-state index in [2.05, 4.69) is 5.32 Å². The minimum absolute atomic E-state index is 0.162. The molecule has 1 fully saturated rings. The fraction of sp³-hybridized carbons (Fsp3) is 0.290. The highest BCUT2D eigenvalue weighted by Gasteiger charge is 2.33. The predicted molar refractivity (Wildman–Crippen MR) is 160 cm³/mol. The van der Waals surface area contributed by atoms with Crippen LogP contribution in [0.15, 0.2) is 77.8 Å². The van der Waals surface area contributed by atoms with Gasteiger partial charge in [0.05, 0.1) is 44.2 Å². The van der Waals surface area contributed by atoms with Crippen LogP contribution in [0.1, 0.15) is 18.4 Å². The van der Waals surface area contributed by atoms with E-state index in [1.807, 2.05) is 37.3 Å². The molecule has 42 heavy (non-hydrogen) atoms. The summed E-state index contributed by atoms with van der Waals surface area (Å²) >= 11 is 0. The third-order valence-electron chi connectivity index (χ3n) is 7.13. The number of anilines is 1. The van der Waals surface area contributed by atoms with Crippen molar-refractivity contribution in [3.63, 3.8) is 0 Å². The van der Waals surface area contributed by atoms with E-state index >= 15 is 0 Å². The Morgan fingerprint density at radius 3 is 2.26 bits per heavy atom. The summed E-state index contributed by atoms with van der Waals surface area (Å²) in [5, 5.41) is 2.85. The number of nitrogens with one attached hydrogen (secondary N) is 1. The van der Waals surface area contributed by atoms with Crippen LogP contribution in [0.4, 0.5) is 5.95 Å². The van der Waals surface area contributed by atoms with Gasteiger partial charge in [0, 0.05) is 24.4 Å². The van der Waals surface area contributed by atoms with E-state index < -0.39 is 15.9 Å². The zero-order chi connectivity index (χ0) is 29.9. The molecule has 1 amide bonds. The number of hydrogen-bond acceptors (Lipinski definition) is 7. The zero-order valence-corrected chi connectivity index (χ0v) is 24.8. The number of carbonyl (C=O) groups excluding carboxylic acids is 1. The summed E-state index contributed by atoms with van der Waals surface area (Å²) in [6, 6.07) is 19.4. The molecule has 0 bridgehead atoms. The lowest BCUT2D eigenvalue weighted by atomic mass is 10.1. The van der Waals surface area contributed by atoms with Crippen molar-refractivity contribution in [2.75, 3.05) is 39.7 Å². The molecular formula is C31H34N4O6S. The molecule has 1 N–H and O–H groups in total. The van der Waals surface area contributed by atoms with Crippen molar-refractivity contribution in [1.82, 2.24) is 13.9 Å². The largest absolute Gasteiger partial charge is 0.497 e. The molecule has 0 radical (unpaired) electrons. The maximum atomic E-state index is 13.5. The number of amides is 1. The van der Waals surface area contributed by atoms with Gasteiger partial charge in [0.2, 0.25) is 21.9 Å². The van der Waals surface area contributed by atoms with E-state index in [4.69, 9.17) is 19.2 Å². The Kier molecular flexibility index (Phi) is 8.51. The van der Waals surface area contributed by atoms with Crippen LogP contribution in [-0.2, 0) is 14.8 Å². The number of aryl methyl sites for hydroxylation is 1. The van der Waals surface area contributed by atoms with Crippen molar-refractivity contribution in [2.24, 2.45) is 5.92 Å². The second-order valence-electron chi connectivity index (χ2n) is 10.2. The lowest BCUT2D eigenvalue weighted by molar-refractivity contribution is -0.116. The molecule has 0 spiro atoms. The summed E-state index contributed by atoms with van der Waals surface area (Å²) in [5.74, 6) is 1.74. The van der Waals surface area contributed by atoms with Gasteiger partial charge in [-0.2, -0.15) is 4.31 Å². The highest BCUT2D eigenvalue weighted by Crippen LogP contribution is 2.33. The molecule has 4 aromatic rings. The summed E-state index contributed by atoms with van der Waals surface area (Å²) < 4.78 is 46.2. The maximum Gasteiger partial charge on any atom is 0.243 e. The number of imidazole rings is 1. The molecular weight excluding hydrogens is 556 g/mol. The lowest BCUT2D eigenvalue weighted by Crippen LogP contribution is -2.39. The van der Waals surface area contributed by atoms with Crippen LogP contribution in [0.2, 0.25) is 0 Å². The van der Waals surface area contributed by atoms with Gasteiger partial charge in [0.25, 0.3) is 0 Å². The molecule has 1 aliphatic rings. The first-order valence-electron chi connectivity index (χ1n) is 13.5. The average Bonchev–Trinajstić information content (AvgIpc) is 3.73. The molecule has 1 saturated carbocycles. The topological polar surface area (TPSA) is 112 Å². The van der Waals surface area contributed by atoms with Gasteiger partial charge in [-0.25, -0.2) is 13.4 Å². The van der Waals surface area contributed by atoms with Crippen LogP contribution in [0.5, 0.6) is 17.2 Å². The van der Waals surface area contributed by atoms with Gasteiger partial charge in [-0.05, 0) is 74.2 Å². The Labute approximate surface area is 245 Å². The standard InChI is InChI=1S/C31H34N4O6S/c1-21-5-14-26(15-6-21)42(37,38)34(18-22-7-8-22)20-30(36)33-31-32-27(23-9-12-25(39-2)13-10-23)19-35(31)24-11-16-28(40-3)29(17-24)41-4/h5-6,9-17,19,22H,7-8,18,20H2,1-4H3,(H,32,33,36). The second-order valence-corrected chi connectivity index (χ2v) is 12.1. The predicted octanol–water partition coefficient (Wildman–Crippen LogP) is 4.91. The number of methoxy groups -OCH3 is 3. The van der Waals surface area contributed by atoms with Crippen molar-refractivity contribution < 1.29 is 27.4 Å². The van der Waals surface area contributed by atoms with Crippen LogP contribution < -0.4 is 19.5 Å². The van der Waals surface area contributed by atoms with E-state index in [9.17, 15) is 13.2 Å². The smallest absolute Gasteiger partial charge is 0.243 e. The third kappa shape index (κ3) is 6.42. The minimum atomic E-state index is -3.88. The summed E-state index contributed by atoms with van der Waals surface area (Å²) in [5.41, 5.74) is 3.03. The molecule has 5 rings (SSSR count). The quantitative estimate of drug-likeness (QED) is 0.249. The van der Waals surface area contributed by atoms with Gasteiger partial charge < -0.3 is 14.2 Å². The summed E-state index contributed by atoms with van der Waals surface area (Å²) in [4.78, 5) is 18.3. The number of rotatable bonds is 12. The number of nitrogens with zero attached hydrogens (tertiary/aromatic N) is 3. The van der Waals surface area contributed by atoms with Gasteiger partial charge in [-0.3, -0.25) is 14.7 Å². The van der Waals surface area contributed by atoms with E-state index in [1.165, 1.54) is 4.31 Å². The van der Waals surface area contributed by atoms with Gasteiger partial charge in [-0.15, -0.1) is 0 Å². The number of ether oxygens (including phenoxy) is 3. The van der Waals surface area contributed by atoms with Crippen molar-refractivity contribution in [3.8, 4) is 34.2 Å². The highest BCUT2D eigenvalue weighted by atomic mass is 32.2. The fourth-order valence-corrected chi connectivity index (χ4v) is 6.03. The number of carbonyl (C=O) groups is 1. The van der Waals surface area contributed by atoms with Gasteiger partial charge in [0.15, 0.2) is 11.5 Å². The SMILES string of the molecule is COc1ccc(-c2cn(-c3ccc(OC)c(OC)c3)c(NC(=O)CN(CC3CC3)S(=O)(=O)c3ccc(C)cc3)n2)cc1. The molecule has 220 valence electrons. The monoisotopic (exact) mass is 590 g/mol. The molecule has 0 saturated heterocycles. The van der Waals surface area contributed by atoms with Gasteiger partial charge in [0.1, 0.15) is 5.75 Å². The van der Waals surface area contributed by atoms with E-state index in [-0.39, 0.29) is 29.9 Å². The highest BCUT2D eigenvalue weighted by molar-refractivity contribution is 7.89. The van der Waals surface area contributed by atoms with Crippen LogP contribution >= 0.6 is 0 Å². The Morgan fingerprint density at radius 2 is 1.64 bits per heavy atom. The summed E-state index contributed by atoms with van der Waals surface area (Å²) in [6.07, 6.45) is 3.68. The third-order valence-corrected chi connectivity index (χ3v) is 8.95. The second kappa shape index (κ2) is 12.3. The van der Waals surface area contributed by atoms with Crippen LogP contribution in [0.3, 0.4) is 0 Å². The molecule has 3 aromatic carbocycles. The number of benzene rings is 3.